The molecule has 2 aromatic rings. The summed E-state index contributed by atoms with van der Waals surface area (Å²) in [6, 6.07) is 8.36. The van der Waals surface area contributed by atoms with E-state index in [9.17, 15) is 18.9 Å². The van der Waals surface area contributed by atoms with Crippen LogP contribution in [0.15, 0.2) is 46.1 Å². The summed E-state index contributed by atoms with van der Waals surface area (Å²) in [7, 11) is -3.92. The maximum Gasteiger partial charge on any atom is 0.379 e. The van der Waals surface area contributed by atoms with Crippen LogP contribution in [0.4, 0.5) is 4.39 Å². The molecule has 1 aliphatic rings. The van der Waals surface area contributed by atoms with Crippen LogP contribution in [-0.2, 0) is 23.4 Å². The molecule has 10 nitrogen and oxygen atoms in total. The van der Waals surface area contributed by atoms with E-state index in [4.69, 9.17) is 18.5 Å². The summed E-state index contributed by atoms with van der Waals surface area (Å²) < 4.78 is 54.2. The zero-order chi connectivity index (χ0) is 27.5. The standard InChI is InChI=1S/C25H34FN2O8P/c1-15(2)34-21-20(35-23(25(21,6)26)28-12-16(3)22(30)27-24(28)31)13-33-37(32,14-17(4)18(5)29)36-19-10-8-7-9-11-19/h7-12,15,17,20-21,23H,13-14H2,1-6H3,(H,27,30,31)/t17-,20-,21-,23?,25-,37?/m1/s1. The van der Waals surface area contributed by atoms with Crippen LogP contribution in [0.3, 0.4) is 0 Å². The van der Waals surface area contributed by atoms with Crippen molar-refractivity contribution in [2.24, 2.45) is 5.92 Å². The molecule has 1 aromatic carbocycles. The van der Waals surface area contributed by atoms with Crippen LogP contribution >= 0.6 is 7.60 Å². The number of nitrogens with zero attached hydrogens (tertiary/aromatic N) is 1. The van der Waals surface area contributed by atoms with Gasteiger partial charge in [-0.25, -0.2) is 13.8 Å². The molecule has 3 rings (SSSR count). The Morgan fingerprint density at radius 2 is 1.89 bits per heavy atom. The third-order valence-corrected chi connectivity index (χ3v) is 8.14. The van der Waals surface area contributed by atoms with Crippen molar-refractivity contribution in [3.05, 3.63) is 62.9 Å². The summed E-state index contributed by atoms with van der Waals surface area (Å²) in [6.07, 6.45) is -3.16. The lowest BCUT2D eigenvalue weighted by Gasteiger charge is -2.30. The zero-order valence-corrected chi connectivity index (χ0v) is 22.7. The Morgan fingerprint density at radius 1 is 1.24 bits per heavy atom. The molecular formula is C25H34FN2O8P. The average Bonchev–Trinajstić information content (AvgIpc) is 3.04. The highest BCUT2D eigenvalue weighted by atomic mass is 31.2. The van der Waals surface area contributed by atoms with Gasteiger partial charge in [-0.2, -0.15) is 0 Å². The van der Waals surface area contributed by atoms with E-state index in [0.29, 0.717) is 0 Å². The van der Waals surface area contributed by atoms with E-state index < -0.39 is 61.6 Å². The number of halogens is 1. The number of para-hydroxylation sites is 1. The van der Waals surface area contributed by atoms with Crippen LogP contribution in [0.1, 0.15) is 46.4 Å². The van der Waals surface area contributed by atoms with E-state index in [1.165, 1.54) is 27.0 Å². The predicted octanol–water partition coefficient (Wildman–Crippen LogP) is 3.78. The predicted molar refractivity (Wildman–Crippen MR) is 135 cm³/mol. The summed E-state index contributed by atoms with van der Waals surface area (Å²) in [5, 5.41) is 0. The molecule has 37 heavy (non-hydrogen) atoms. The lowest BCUT2D eigenvalue weighted by atomic mass is 9.98. The molecule has 0 bridgehead atoms. The van der Waals surface area contributed by atoms with Gasteiger partial charge in [0, 0.05) is 17.7 Å². The van der Waals surface area contributed by atoms with E-state index in [1.807, 2.05) is 0 Å². The van der Waals surface area contributed by atoms with Crippen LogP contribution < -0.4 is 15.8 Å². The van der Waals surface area contributed by atoms with Gasteiger partial charge >= 0.3 is 13.3 Å². The number of aryl methyl sites for hydroxylation is 1. The van der Waals surface area contributed by atoms with Crippen molar-refractivity contribution < 1.29 is 32.3 Å². The third kappa shape index (κ3) is 6.84. The first kappa shape index (κ1) is 29.0. The second kappa shape index (κ2) is 11.4. The third-order valence-electron chi connectivity index (χ3n) is 6.11. The van der Waals surface area contributed by atoms with Gasteiger partial charge in [0.05, 0.1) is 18.9 Å². The van der Waals surface area contributed by atoms with Crippen LogP contribution in [0.2, 0.25) is 0 Å². The minimum absolute atomic E-state index is 0.192. The number of nitrogens with one attached hydrogen (secondary N) is 1. The van der Waals surface area contributed by atoms with Crippen molar-refractivity contribution >= 4 is 13.4 Å². The summed E-state index contributed by atoms with van der Waals surface area (Å²) >= 11 is 0. The molecule has 0 amide bonds. The highest BCUT2D eigenvalue weighted by Gasteiger charge is 2.57. The minimum atomic E-state index is -3.92. The number of hydrogen-bond acceptors (Lipinski definition) is 8. The SMILES string of the molecule is CC(=O)[C@H](C)CP(=O)(OC[C@H]1OC(n2cc(C)c(=O)[nH]c2=O)[C@](C)(F)[C@@H]1OC(C)C)Oc1ccccc1. The van der Waals surface area contributed by atoms with Gasteiger partial charge in [-0.1, -0.05) is 25.1 Å². The number of aromatic nitrogens is 2. The molecule has 12 heteroatoms. The fourth-order valence-corrected chi connectivity index (χ4v) is 6.00. The summed E-state index contributed by atoms with van der Waals surface area (Å²) in [6.45, 7) is 8.74. The number of rotatable bonds is 11. The van der Waals surface area contributed by atoms with Crippen molar-refractivity contribution in [3.8, 4) is 5.75 Å². The van der Waals surface area contributed by atoms with Crippen molar-refractivity contribution in [1.29, 1.82) is 0 Å². The first-order chi connectivity index (χ1) is 17.2. The van der Waals surface area contributed by atoms with Crippen molar-refractivity contribution in [2.45, 2.75) is 71.8 Å². The lowest BCUT2D eigenvalue weighted by molar-refractivity contribution is -0.119. The number of H-pyrrole nitrogens is 1. The smallest absolute Gasteiger partial charge is 0.379 e. The number of Topliss-reactive ketones (excluding diaryl/α,β-unsaturated/α-hetero) is 1. The van der Waals surface area contributed by atoms with E-state index >= 15 is 4.39 Å². The Labute approximate surface area is 214 Å². The highest BCUT2D eigenvalue weighted by molar-refractivity contribution is 7.54. The summed E-state index contributed by atoms with van der Waals surface area (Å²) in [5.74, 6) is -0.529. The monoisotopic (exact) mass is 540 g/mol. The second-order valence-corrected chi connectivity index (χ2v) is 11.8. The van der Waals surface area contributed by atoms with E-state index in [0.717, 1.165) is 4.57 Å². The molecule has 6 atom stereocenters. The van der Waals surface area contributed by atoms with Crippen LogP contribution in [0.25, 0.3) is 0 Å². The number of ketones is 1. The van der Waals surface area contributed by atoms with Crippen molar-refractivity contribution in [2.75, 3.05) is 12.8 Å². The Balaban J connectivity index is 1.92. The van der Waals surface area contributed by atoms with Gasteiger partial charge in [-0.15, -0.1) is 0 Å². The fraction of sp³-hybridized carbons (Fsp3) is 0.560. The molecule has 1 aromatic heterocycles. The first-order valence-electron chi connectivity index (χ1n) is 12.0. The number of hydrogen-bond donors (Lipinski definition) is 1. The summed E-state index contributed by atoms with van der Waals surface area (Å²) in [5.41, 5.74) is -3.47. The minimum Gasteiger partial charge on any atom is -0.424 e. The number of alkyl halides is 1. The summed E-state index contributed by atoms with van der Waals surface area (Å²) in [4.78, 5) is 38.4. The van der Waals surface area contributed by atoms with E-state index in [1.54, 1.807) is 51.1 Å². The molecule has 1 saturated heterocycles. The van der Waals surface area contributed by atoms with Gasteiger partial charge < -0.3 is 14.0 Å². The molecule has 1 fully saturated rings. The maximum absolute atomic E-state index is 16.2. The molecular weight excluding hydrogens is 506 g/mol. The quantitative estimate of drug-likeness (QED) is 0.427. The molecule has 0 radical (unpaired) electrons. The number of ether oxygens (including phenoxy) is 2. The maximum atomic E-state index is 16.2. The fourth-order valence-electron chi connectivity index (χ4n) is 4.02. The van der Waals surface area contributed by atoms with Crippen molar-refractivity contribution in [1.82, 2.24) is 9.55 Å². The molecule has 1 aliphatic heterocycles. The normalized spacial score (nSPS) is 26.1. The first-order valence-corrected chi connectivity index (χ1v) is 13.8. The van der Waals surface area contributed by atoms with Gasteiger partial charge in [0.25, 0.3) is 5.56 Å². The van der Waals surface area contributed by atoms with Crippen LogP contribution in [0.5, 0.6) is 5.75 Å². The van der Waals surface area contributed by atoms with Gasteiger partial charge in [0.15, 0.2) is 11.9 Å². The van der Waals surface area contributed by atoms with Crippen molar-refractivity contribution in [3.63, 3.8) is 0 Å². The van der Waals surface area contributed by atoms with Gasteiger partial charge in [0.1, 0.15) is 23.7 Å². The van der Waals surface area contributed by atoms with E-state index in [-0.39, 0.29) is 23.3 Å². The second-order valence-electron chi connectivity index (χ2n) is 9.77. The molecule has 0 spiro atoms. The Morgan fingerprint density at radius 3 is 2.49 bits per heavy atom. The topological polar surface area (TPSA) is 126 Å². The Kier molecular flexibility index (Phi) is 8.95. The van der Waals surface area contributed by atoms with Crippen LogP contribution in [-0.4, -0.2) is 52.1 Å². The largest absolute Gasteiger partial charge is 0.424 e. The van der Waals surface area contributed by atoms with Crippen LogP contribution in [0, 0.1) is 12.8 Å². The Hall–Kier alpha value is -2.59. The van der Waals surface area contributed by atoms with Gasteiger partial charge in [-0.05, 0) is 46.8 Å². The number of aromatic amines is 1. The molecule has 2 heterocycles. The van der Waals surface area contributed by atoms with E-state index in [2.05, 4.69) is 4.98 Å². The average molecular weight is 541 g/mol. The molecule has 0 aliphatic carbocycles. The number of carbonyl (C=O) groups is 1. The molecule has 2 unspecified atom stereocenters. The zero-order valence-electron chi connectivity index (χ0n) is 21.8. The Bertz CT molecular complexity index is 1260. The number of benzene rings is 1. The molecule has 1 N–H and O–H groups in total. The number of carbonyl (C=O) groups excluding carboxylic acids is 1. The molecule has 0 saturated carbocycles. The lowest BCUT2D eigenvalue weighted by Crippen LogP contribution is -2.46. The molecule has 204 valence electrons. The van der Waals surface area contributed by atoms with Gasteiger partial charge in [0.2, 0.25) is 0 Å². The van der Waals surface area contributed by atoms with Gasteiger partial charge in [-0.3, -0.25) is 23.7 Å². The highest BCUT2D eigenvalue weighted by Crippen LogP contribution is 2.51.